The molecule has 0 amide bonds. The molecule has 49 heavy (non-hydrogen) atoms. The van der Waals surface area contributed by atoms with Gasteiger partial charge in [-0.2, -0.15) is 10.5 Å². The minimum Gasteiger partial charge on any atom is -0.371 e. The topological polar surface area (TPSA) is 67.8 Å². The molecule has 0 bridgehead atoms. The van der Waals surface area contributed by atoms with Gasteiger partial charge >= 0.3 is 0 Å². The van der Waals surface area contributed by atoms with Gasteiger partial charge in [-0.05, 0) is 104 Å². The Morgan fingerprint density at radius 2 is 1.71 bits per heavy atom. The van der Waals surface area contributed by atoms with Crippen molar-refractivity contribution in [1.29, 1.82) is 10.5 Å². The maximum absolute atomic E-state index is 9.95. The highest BCUT2D eigenvalue weighted by molar-refractivity contribution is 5.81. The van der Waals surface area contributed by atoms with Crippen molar-refractivity contribution >= 4 is 17.7 Å². The molecule has 242 valence electrons. The third-order valence-electron chi connectivity index (χ3n) is 11.1. The van der Waals surface area contributed by atoms with E-state index in [4.69, 9.17) is 0 Å². The molecule has 5 atom stereocenters. The van der Waals surface area contributed by atoms with E-state index < -0.39 is 0 Å². The fraction of sp³-hybridized carbons (Fsp3) is 0.273. The van der Waals surface area contributed by atoms with E-state index in [0.29, 0.717) is 23.5 Å². The molecule has 3 heterocycles. The highest BCUT2D eigenvalue weighted by Gasteiger charge is 2.43. The first kappa shape index (κ1) is 30.8. The molecule has 3 aromatic rings. The van der Waals surface area contributed by atoms with Crippen molar-refractivity contribution in [2.24, 2.45) is 5.92 Å². The van der Waals surface area contributed by atoms with Gasteiger partial charge in [-0.1, -0.05) is 79.8 Å². The lowest BCUT2D eigenvalue weighted by Gasteiger charge is -2.41. The number of nitrogens with zero attached hydrogens (tertiary/aromatic N) is 4. The molecule has 0 saturated heterocycles. The van der Waals surface area contributed by atoms with Gasteiger partial charge in [0, 0.05) is 45.8 Å². The highest BCUT2D eigenvalue weighted by Crippen LogP contribution is 2.54. The summed E-state index contributed by atoms with van der Waals surface area (Å²) in [4.78, 5) is 2.61. The van der Waals surface area contributed by atoms with Crippen molar-refractivity contribution in [1.82, 2.24) is 14.8 Å². The molecule has 4 unspecified atom stereocenters. The van der Waals surface area contributed by atoms with E-state index in [-0.39, 0.29) is 24.0 Å². The predicted molar refractivity (Wildman–Crippen MR) is 198 cm³/mol. The molecule has 1 aromatic heterocycles. The fourth-order valence-electron chi connectivity index (χ4n) is 8.94. The summed E-state index contributed by atoms with van der Waals surface area (Å²) in [6.45, 7) is 6.73. The summed E-state index contributed by atoms with van der Waals surface area (Å²) in [7, 11) is 0. The van der Waals surface area contributed by atoms with Crippen LogP contribution in [0.15, 0.2) is 109 Å². The Labute approximate surface area is 289 Å². The summed E-state index contributed by atoms with van der Waals surface area (Å²) in [6, 6.07) is 19.1. The third-order valence-corrected chi connectivity index (χ3v) is 11.1. The zero-order valence-electron chi connectivity index (χ0n) is 28.4. The molecule has 8 rings (SSSR count). The minimum absolute atomic E-state index is 0.0405. The van der Waals surface area contributed by atoms with E-state index in [0.717, 1.165) is 30.5 Å². The second-order valence-electron chi connectivity index (χ2n) is 13.8. The molecule has 0 radical (unpaired) electrons. The van der Waals surface area contributed by atoms with E-state index in [1.165, 1.54) is 44.9 Å². The van der Waals surface area contributed by atoms with Crippen LogP contribution in [-0.2, 0) is 6.42 Å². The molecule has 5 nitrogen and oxygen atoms in total. The number of benzene rings is 2. The van der Waals surface area contributed by atoms with Crippen LogP contribution in [-0.4, -0.2) is 9.47 Å². The molecule has 2 aromatic carbocycles. The van der Waals surface area contributed by atoms with Gasteiger partial charge in [0.15, 0.2) is 0 Å². The van der Waals surface area contributed by atoms with E-state index in [2.05, 4.69) is 139 Å². The number of allylic oxidation sites excluding steroid dienone is 9. The Balaban J connectivity index is 1.34. The third kappa shape index (κ3) is 4.88. The molecule has 0 fully saturated rings. The average molecular weight is 640 g/mol. The van der Waals surface area contributed by atoms with Gasteiger partial charge in [0.05, 0.1) is 29.3 Å². The van der Waals surface area contributed by atoms with Gasteiger partial charge in [-0.25, -0.2) is 0 Å². The first-order valence-corrected chi connectivity index (χ1v) is 17.6. The Kier molecular flexibility index (Phi) is 7.85. The standard InChI is InChI=1S/C44H41N5/c1-4-11-34-29(3)48(33-21-19-30(20-22-33)41-31(26-45)13-9-14-32(41)27-46)43-37(36-16-6-5-15-35(34)36)23-24-40-42(43)38-17-7-8-18-39(38)49(40)44-28(2)12-10-25-47-44/h4-6,8-11,13-16,18-19,21-25,28,30,37,43-44,47H,7,12,17,20H2,1-3H3/b11-4-/t28?,30-,37?,43?,44?/m1/s1. The van der Waals surface area contributed by atoms with Crippen molar-refractivity contribution in [2.75, 3.05) is 0 Å². The SMILES string of the molecule is C/C=C\C1=C(C)N(C2=CC[C@H](c3c(C#N)cccc3C#N)C=C2)C2c3c4c(n(C5NC=CCC5C)c3C=CC2c2ccccc21)C=CCC4. The highest BCUT2D eigenvalue weighted by atomic mass is 15.2. The van der Waals surface area contributed by atoms with Crippen LogP contribution in [0.2, 0.25) is 0 Å². The van der Waals surface area contributed by atoms with E-state index in [9.17, 15) is 10.5 Å². The van der Waals surface area contributed by atoms with Crippen LogP contribution in [0.1, 0.15) is 114 Å². The lowest BCUT2D eigenvalue weighted by atomic mass is 9.78. The van der Waals surface area contributed by atoms with Crippen LogP contribution >= 0.6 is 0 Å². The van der Waals surface area contributed by atoms with Gasteiger partial charge in [0.2, 0.25) is 0 Å². The molecule has 5 heteroatoms. The molecule has 3 aliphatic carbocycles. The summed E-state index contributed by atoms with van der Waals surface area (Å²) >= 11 is 0. The average Bonchev–Trinajstić information content (AvgIpc) is 3.43. The number of hydrogen-bond acceptors (Lipinski definition) is 4. The Morgan fingerprint density at radius 3 is 2.45 bits per heavy atom. The molecular formula is C44H41N5. The zero-order chi connectivity index (χ0) is 33.6. The lowest BCUT2D eigenvalue weighted by Crippen LogP contribution is -2.34. The van der Waals surface area contributed by atoms with Gasteiger partial charge < -0.3 is 14.8 Å². The van der Waals surface area contributed by atoms with Gasteiger partial charge in [0.25, 0.3) is 0 Å². The Hall–Kier alpha value is -5.52. The van der Waals surface area contributed by atoms with E-state index in [1.54, 1.807) is 6.07 Å². The van der Waals surface area contributed by atoms with Crippen molar-refractivity contribution < 1.29 is 0 Å². The monoisotopic (exact) mass is 639 g/mol. The number of aromatic nitrogens is 1. The lowest BCUT2D eigenvalue weighted by molar-refractivity contribution is 0.291. The van der Waals surface area contributed by atoms with Crippen LogP contribution in [0.3, 0.4) is 0 Å². The number of nitriles is 2. The summed E-state index contributed by atoms with van der Waals surface area (Å²) in [5, 5.41) is 23.6. The zero-order valence-corrected chi connectivity index (χ0v) is 28.4. The first-order valence-electron chi connectivity index (χ1n) is 17.6. The molecule has 1 N–H and O–H groups in total. The minimum atomic E-state index is -0.0405. The summed E-state index contributed by atoms with van der Waals surface area (Å²) < 4.78 is 2.59. The quantitative estimate of drug-likeness (QED) is 0.309. The normalized spacial score (nSPS) is 25.0. The molecular weight excluding hydrogens is 599 g/mol. The Bertz CT molecular complexity index is 2120. The van der Waals surface area contributed by atoms with Crippen molar-refractivity contribution in [3.8, 4) is 12.1 Å². The van der Waals surface area contributed by atoms with Crippen molar-refractivity contribution in [3.05, 3.63) is 159 Å². The van der Waals surface area contributed by atoms with Gasteiger partial charge in [-0.3, -0.25) is 0 Å². The maximum atomic E-state index is 9.95. The second-order valence-corrected chi connectivity index (χ2v) is 13.8. The van der Waals surface area contributed by atoms with Crippen LogP contribution < -0.4 is 5.32 Å². The molecule has 0 spiro atoms. The van der Waals surface area contributed by atoms with Gasteiger partial charge in [-0.15, -0.1) is 0 Å². The van der Waals surface area contributed by atoms with Gasteiger partial charge in [0.1, 0.15) is 6.17 Å². The maximum Gasteiger partial charge on any atom is 0.106 e. The van der Waals surface area contributed by atoms with E-state index in [1.807, 2.05) is 12.1 Å². The number of hydrogen-bond donors (Lipinski definition) is 1. The van der Waals surface area contributed by atoms with Crippen LogP contribution in [0.5, 0.6) is 0 Å². The molecule has 0 saturated carbocycles. The predicted octanol–water partition coefficient (Wildman–Crippen LogP) is 9.93. The van der Waals surface area contributed by atoms with Crippen LogP contribution in [0, 0.1) is 28.6 Å². The van der Waals surface area contributed by atoms with Crippen LogP contribution in [0.25, 0.3) is 17.7 Å². The van der Waals surface area contributed by atoms with Crippen molar-refractivity contribution in [3.63, 3.8) is 0 Å². The van der Waals surface area contributed by atoms with E-state index >= 15 is 0 Å². The number of nitrogens with one attached hydrogen (secondary N) is 1. The van der Waals surface area contributed by atoms with Crippen LogP contribution in [0.4, 0.5) is 0 Å². The summed E-state index contributed by atoms with van der Waals surface area (Å²) in [5.74, 6) is 0.554. The molecule has 5 aliphatic rings. The fourth-order valence-corrected chi connectivity index (χ4v) is 8.94. The first-order chi connectivity index (χ1) is 24.0. The summed E-state index contributed by atoms with van der Waals surface area (Å²) in [5.41, 5.74) is 13.8. The second kappa shape index (κ2) is 12.5. The van der Waals surface area contributed by atoms with Crippen molar-refractivity contribution in [2.45, 2.75) is 70.5 Å². The largest absolute Gasteiger partial charge is 0.371 e. The number of rotatable bonds is 4. The Morgan fingerprint density at radius 1 is 0.898 bits per heavy atom. The summed E-state index contributed by atoms with van der Waals surface area (Å²) in [6.07, 6.45) is 29.2. The number of fused-ring (bicyclic) bond motifs is 7. The smallest absolute Gasteiger partial charge is 0.106 e. The molecule has 2 aliphatic heterocycles.